The van der Waals surface area contributed by atoms with Crippen LogP contribution in [0.15, 0.2) is 27.8 Å². The lowest BCUT2D eigenvalue weighted by atomic mass is 10.1. The molecule has 0 radical (unpaired) electrons. The van der Waals surface area contributed by atoms with Gasteiger partial charge in [0.1, 0.15) is 6.54 Å². The van der Waals surface area contributed by atoms with E-state index in [1.54, 1.807) is 0 Å². The van der Waals surface area contributed by atoms with Crippen molar-refractivity contribution in [2.75, 3.05) is 18.0 Å². The quantitative estimate of drug-likeness (QED) is 0.369. The Labute approximate surface area is 123 Å². The van der Waals surface area contributed by atoms with Crippen LogP contribution < -0.4 is 10.6 Å². The van der Waals surface area contributed by atoms with Crippen molar-refractivity contribution in [3.05, 3.63) is 28.2 Å². The van der Waals surface area contributed by atoms with Crippen molar-refractivity contribution >= 4 is 27.5 Å². The van der Waals surface area contributed by atoms with Gasteiger partial charge in [0, 0.05) is 22.3 Å². The Hall–Kier alpha value is -1.44. The average Bonchev–Trinajstić information content (AvgIpc) is 2.35. The molecular weight excluding hydrogens is 339 g/mol. The third-order valence-corrected chi connectivity index (χ3v) is 3.22. The molecule has 1 aromatic rings. The fourth-order valence-corrected chi connectivity index (χ4v) is 2.32. The van der Waals surface area contributed by atoms with Crippen molar-refractivity contribution in [1.29, 1.82) is 0 Å². The van der Waals surface area contributed by atoms with Gasteiger partial charge in [0.25, 0.3) is 0 Å². The fraction of sp³-hybridized carbons (Fsp3) is 0.417. The van der Waals surface area contributed by atoms with Gasteiger partial charge in [-0.15, -0.1) is 0 Å². The summed E-state index contributed by atoms with van der Waals surface area (Å²) >= 11 is 3.21. The van der Waals surface area contributed by atoms with Crippen LogP contribution in [0.25, 0.3) is 0 Å². The molecule has 0 spiro atoms. The van der Waals surface area contributed by atoms with Crippen LogP contribution in [-0.4, -0.2) is 30.3 Å². The normalized spacial score (nSPS) is 12.6. The zero-order valence-electron chi connectivity index (χ0n) is 10.8. The van der Waals surface area contributed by atoms with Crippen molar-refractivity contribution in [1.82, 2.24) is 0 Å². The van der Waals surface area contributed by atoms with Crippen LogP contribution in [0.5, 0.6) is 0 Å². The smallest absolute Gasteiger partial charge is 0.405 e. The van der Waals surface area contributed by atoms with Gasteiger partial charge < -0.3 is 15.8 Å². The highest BCUT2D eigenvalue weighted by atomic mass is 79.9. The summed E-state index contributed by atoms with van der Waals surface area (Å²) in [6, 6.07) is 4.54. The summed E-state index contributed by atoms with van der Waals surface area (Å²) in [7, 11) is 0. The molecule has 0 saturated carbocycles. The average molecular weight is 354 g/mol. The molecule has 0 aliphatic carbocycles. The second-order valence-electron chi connectivity index (χ2n) is 4.19. The van der Waals surface area contributed by atoms with Crippen molar-refractivity contribution in [3.8, 4) is 0 Å². The number of benzene rings is 1. The molecule has 0 saturated heterocycles. The lowest BCUT2D eigenvalue weighted by Crippen LogP contribution is -2.34. The number of amidine groups is 1. The molecule has 1 rings (SSSR count). The number of hydrogen-bond acceptors (Lipinski definition) is 3. The maximum Gasteiger partial charge on any atom is 0.405 e. The minimum Gasteiger partial charge on any atom is -0.409 e. The Morgan fingerprint density at radius 1 is 1.45 bits per heavy atom. The van der Waals surface area contributed by atoms with E-state index >= 15 is 0 Å². The van der Waals surface area contributed by atoms with Crippen LogP contribution in [0.1, 0.15) is 18.9 Å². The molecule has 8 heteroatoms. The highest BCUT2D eigenvalue weighted by molar-refractivity contribution is 9.10. The number of halogens is 4. The van der Waals surface area contributed by atoms with Crippen LogP contribution in [0.4, 0.5) is 18.9 Å². The van der Waals surface area contributed by atoms with E-state index < -0.39 is 12.7 Å². The third-order valence-electron chi connectivity index (χ3n) is 2.57. The van der Waals surface area contributed by atoms with Crippen molar-refractivity contribution in [2.45, 2.75) is 19.5 Å². The van der Waals surface area contributed by atoms with Gasteiger partial charge in [-0.2, -0.15) is 13.2 Å². The fourth-order valence-electron chi connectivity index (χ4n) is 1.75. The second-order valence-corrected chi connectivity index (χ2v) is 5.04. The predicted octanol–water partition coefficient (Wildman–Crippen LogP) is 3.32. The van der Waals surface area contributed by atoms with Crippen LogP contribution >= 0.6 is 15.9 Å². The minimum atomic E-state index is -4.27. The molecule has 0 aromatic heterocycles. The van der Waals surface area contributed by atoms with E-state index in [4.69, 9.17) is 10.9 Å². The van der Waals surface area contributed by atoms with E-state index in [2.05, 4.69) is 21.1 Å². The topological polar surface area (TPSA) is 61.8 Å². The molecule has 0 heterocycles. The zero-order valence-corrected chi connectivity index (χ0v) is 12.4. The largest absolute Gasteiger partial charge is 0.409 e. The Morgan fingerprint density at radius 2 is 2.10 bits per heavy atom. The second kappa shape index (κ2) is 6.83. The maximum absolute atomic E-state index is 12.6. The van der Waals surface area contributed by atoms with E-state index in [0.29, 0.717) is 22.1 Å². The summed E-state index contributed by atoms with van der Waals surface area (Å²) in [5.41, 5.74) is 6.30. The lowest BCUT2D eigenvalue weighted by molar-refractivity contribution is -0.119. The number of oxime groups is 1. The number of nitrogens with zero attached hydrogens (tertiary/aromatic N) is 2. The summed E-state index contributed by atoms with van der Waals surface area (Å²) < 4.78 is 38.1. The molecule has 0 fully saturated rings. The molecule has 4 nitrogen and oxygen atoms in total. The van der Waals surface area contributed by atoms with E-state index in [-0.39, 0.29) is 12.4 Å². The van der Waals surface area contributed by atoms with E-state index in [1.807, 2.05) is 6.92 Å². The van der Waals surface area contributed by atoms with E-state index in [9.17, 15) is 13.2 Å². The van der Waals surface area contributed by atoms with Crippen LogP contribution in [0.2, 0.25) is 0 Å². The van der Waals surface area contributed by atoms with Crippen molar-refractivity contribution < 1.29 is 18.4 Å². The number of alkyl halides is 3. The van der Waals surface area contributed by atoms with Crippen molar-refractivity contribution in [2.24, 2.45) is 10.9 Å². The number of rotatable bonds is 5. The Balaban J connectivity index is 3.07. The predicted molar refractivity (Wildman–Crippen MR) is 75.2 cm³/mol. The number of nitrogens with two attached hydrogens (primary N) is 1. The maximum atomic E-state index is 12.6. The number of anilines is 1. The van der Waals surface area contributed by atoms with E-state index in [0.717, 1.165) is 0 Å². The zero-order chi connectivity index (χ0) is 15.3. The third kappa shape index (κ3) is 4.59. The Kier molecular flexibility index (Phi) is 5.67. The van der Waals surface area contributed by atoms with Gasteiger partial charge in [0.2, 0.25) is 0 Å². The SMILES string of the molecule is CCCN(CC(F)(F)F)c1ccc(/C(N)=N/O)c(Br)c1. The first-order chi connectivity index (χ1) is 9.28. The molecule has 0 unspecified atom stereocenters. The van der Waals surface area contributed by atoms with Gasteiger partial charge in [0.15, 0.2) is 5.84 Å². The molecule has 1 aromatic carbocycles. The summed E-state index contributed by atoms with van der Waals surface area (Å²) in [5, 5.41) is 11.5. The molecular formula is C12H15BrF3N3O. The first-order valence-corrected chi connectivity index (χ1v) is 6.67. The molecule has 0 bridgehead atoms. The lowest BCUT2D eigenvalue weighted by Gasteiger charge is -2.26. The van der Waals surface area contributed by atoms with Gasteiger partial charge in [-0.25, -0.2) is 0 Å². The summed E-state index contributed by atoms with van der Waals surface area (Å²) in [5.74, 6) is -0.110. The molecule has 0 aliphatic heterocycles. The van der Waals surface area contributed by atoms with E-state index in [1.165, 1.54) is 23.1 Å². The van der Waals surface area contributed by atoms with Gasteiger partial charge in [-0.05, 0) is 40.5 Å². The molecule has 112 valence electrons. The van der Waals surface area contributed by atoms with Gasteiger partial charge in [-0.3, -0.25) is 0 Å². The molecule has 0 amide bonds. The molecule has 20 heavy (non-hydrogen) atoms. The highest BCUT2D eigenvalue weighted by Crippen LogP contribution is 2.27. The van der Waals surface area contributed by atoms with Gasteiger partial charge in [0.05, 0.1) is 0 Å². The van der Waals surface area contributed by atoms with Crippen LogP contribution in [-0.2, 0) is 0 Å². The van der Waals surface area contributed by atoms with Gasteiger partial charge >= 0.3 is 6.18 Å². The summed E-state index contributed by atoms with van der Waals surface area (Å²) in [4.78, 5) is 1.24. The first-order valence-electron chi connectivity index (χ1n) is 5.87. The highest BCUT2D eigenvalue weighted by Gasteiger charge is 2.30. The minimum absolute atomic E-state index is 0.110. The van der Waals surface area contributed by atoms with Crippen LogP contribution in [0.3, 0.4) is 0 Å². The molecule has 3 N–H and O–H groups in total. The molecule has 0 atom stereocenters. The number of hydrogen-bond donors (Lipinski definition) is 2. The summed E-state index contributed by atoms with van der Waals surface area (Å²) in [6.07, 6.45) is -3.68. The van der Waals surface area contributed by atoms with Gasteiger partial charge in [-0.1, -0.05) is 12.1 Å². The van der Waals surface area contributed by atoms with Crippen molar-refractivity contribution in [3.63, 3.8) is 0 Å². The Morgan fingerprint density at radius 3 is 2.55 bits per heavy atom. The Bertz CT molecular complexity index is 491. The first kappa shape index (κ1) is 16.6. The van der Waals surface area contributed by atoms with Crippen LogP contribution in [0, 0.1) is 0 Å². The molecule has 0 aliphatic rings. The standard InChI is InChI=1S/C12H15BrF3N3O/c1-2-5-19(7-12(14,15)16)8-3-4-9(10(13)6-8)11(17)18-20/h3-4,6,20H,2,5,7H2,1H3,(H2,17,18). The summed E-state index contributed by atoms with van der Waals surface area (Å²) in [6.45, 7) is 1.08. The monoisotopic (exact) mass is 353 g/mol.